The van der Waals surface area contributed by atoms with E-state index in [9.17, 15) is 4.79 Å². The van der Waals surface area contributed by atoms with E-state index >= 15 is 0 Å². The average Bonchev–Trinajstić information content (AvgIpc) is 3.14. The zero-order chi connectivity index (χ0) is 17.1. The lowest BCUT2D eigenvalue weighted by atomic mass is 9.95. The standard InChI is InChI=1S/C18H27N5O/c1-12(18-13(2)21-22-14(18)3)11-17(24)20-16-9-10-19-23(16)15-7-5-4-6-8-15/h9-10,12,15H,4-8,11H2,1-3H3,(H,20,24)(H,21,22)/t12-/m1/s1. The van der Waals surface area contributed by atoms with E-state index in [-0.39, 0.29) is 11.8 Å². The summed E-state index contributed by atoms with van der Waals surface area (Å²) in [4.78, 5) is 12.5. The van der Waals surface area contributed by atoms with Gasteiger partial charge in [-0.15, -0.1) is 0 Å². The Labute approximate surface area is 143 Å². The van der Waals surface area contributed by atoms with Gasteiger partial charge in [-0.2, -0.15) is 10.2 Å². The van der Waals surface area contributed by atoms with Gasteiger partial charge in [0.15, 0.2) is 0 Å². The summed E-state index contributed by atoms with van der Waals surface area (Å²) >= 11 is 0. The van der Waals surface area contributed by atoms with Crippen molar-refractivity contribution in [2.24, 2.45) is 0 Å². The molecule has 2 heterocycles. The summed E-state index contributed by atoms with van der Waals surface area (Å²) in [5.41, 5.74) is 3.16. The highest BCUT2D eigenvalue weighted by Crippen LogP contribution is 2.30. The second kappa shape index (κ2) is 7.20. The van der Waals surface area contributed by atoms with Crippen LogP contribution in [-0.2, 0) is 4.79 Å². The number of aryl methyl sites for hydroxylation is 2. The van der Waals surface area contributed by atoms with Gasteiger partial charge in [0.05, 0.1) is 17.9 Å². The fourth-order valence-corrected chi connectivity index (χ4v) is 3.89. The van der Waals surface area contributed by atoms with E-state index in [0.29, 0.717) is 12.5 Å². The summed E-state index contributed by atoms with van der Waals surface area (Å²) < 4.78 is 2.00. The number of hydrogen-bond donors (Lipinski definition) is 2. The normalized spacial score (nSPS) is 17.0. The van der Waals surface area contributed by atoms with E-state index in [1.54, 1.807) is 6.20 Å². The first-order chi connectivity index (χ1) is 11.6. The summed E-state index contributed by atoms with van der Waals surface area (Å²) in [6.07, 6.45) is 8.31. The summed E-state index contributed by atoms with van der Waals surface area (Å²) in [7, 11) is 0. The highest BCUT2D eigenvalue weighted by Gasteiger charge is 2.21. The number of anilines is 1. The van der Waals surface area contributed by atoms with Crippen LogP contribution in [0.15, 0.2) is 12.3 Å². The molecule has 2 N–H and O–H groups in total. The lowest BCUT2D eigenvalue weighted by molar-refractivity contribution is -0.116. The Morgan fingerprint density at radius 2 is 2.12 bits per heavy atom. The molecule has 0 unspecified atom stereocenters. The van der Waals surface area contributed by atoms with Gasteiger partial charge in [0, 0.05) is 18.2 Å². The molecule has 0 aliphatic heterocycles. The Balaban J connectivity index is 1.64. The van der Waals surface area contributed by atoms with E-state index in [0.717, 1.165) is 35.6 Å². The maximum atomic E-state index is 12.5. The first-order valence-electron chi connectivity index (χ1n) is 8.91. The topological polar surface area (TPSA) is 75.6 Å². The van der Waals surface area contributed by atoms with E-state index in [1.165, 1.54) is 19.3 Å². The van der Waals surface area contributed by atoms with Crippen molar-refractivity contribution in [1.82, 2.24) is 20.0 Å². The van der Waals surface area contributed by atoms with E-state index in [2.05, 4.69) is 27.5 Å². The minimum absolute atomic E-state index is 0.0278. The van der Waals surface area contributed by atoms with Crippen LogP contribution in [0.4, 0.5) is 5.82 Å². The Kier molecular flexibility index (Phi) is 5.02. The maximum Gasteiger partial charge on any atom is 0.226 e. The number of carbonyl (C=O) groups excluding carboxylic acids is 1. The van der Waals surface area contributed by atoms with Crippen LogP contribution in [0.25, 0.3) is 0 Å². The molecule has 1 amide bonds. The molecule has 24 heavy (non-hydrogen) atoms. The first-order valence-corrected chi connectivity index (χ1v) is 8.91. The van der Waals surface area contributed by atoms with Gasteiger partial charge in [-0.1, -0.05) is 26.2 Å². The van der Waals surface area contributed by atoms with Crippen molar-refractivity contribution in [2.45, 2.75) is 71.3 Å². The molecular formula is C18H27N5O. The molecule has 3 rings (SSSR count). The van der Waals surface area contributed by atoms with Crippen molar-refractivity contribution in [3.8, 4) is 0 Å². The largest absolute Gasteiger partial charge is 0.311 e. The molecule has 0 radical (unpaired) electrons. The van der Waals surface area contributed by atoms with E-state index < -0.39 is 0 Å². The van der Waals surface area contributed by atoms with Crippen LogP contribution in [-0.4, -0.2) is 25.9 Å². The molecule has 0 aromatic carbocycles. The van der Waals surface area contributed by atoms with Crippen molar-refractivity contribution < 1.29 is 4.79 Å². The zero-order valence-electron chi connectivity index (χ0n) is 14.8. The number of aromatic nitrogens is 4. The quantitative estimate of drug-likeness (QED) is 0.874. The number of nitrogens with one attached hydrogen (secondary N) is 2. The Morgan fingerprint density at radius 3 is 2.79 bits per heavy atom. The minimum atomic E-state index is 0.0278. The molecule has 6 heteroatoms. The van der Waals surface area contributed by atoms with Crippen molar-refractivity contribution in [1.29, 1.82) is 0 Å². The molecule has 1 atom stereocenters. The Bertz CT molecular complexity index is 677. The van der Waals surface area contributed by atoms with Gasteiger partial charge in [0.1, 0.15) is 5.82 Å². The van der Waals surface area contributed by atoms with E-state index in [1.807, 2.05) is 24.6 Å². The molecule has 2 aromatic heterocycles. The van der Waals surface area contributed by atoms with Crippen molar-refractivity contribution >= 4 is 11.7 Å². The third-order valence-corrected chi connectivity index (χ3v) is 5.03. The second-order valence-electron chi connectivity index (χ2n) is 6.95. The molecule has 130 valence electrons. The number of amides is 1. The fourth-order valence-electron chi connectivity index (χ4n) is 3.89. The molecule has 1 aliphatic rings. The van der Waals surface area contributed by atoms with Crippen LogP contribution in [0.3, 0.4) is 0 Å². The molecule has 0 spiro atoms. The Morgan fingerprint density at radius 1 is 1.38 bits per heavy atom. The SMILES string of the molecule is Cc1n[nH]c(C)c1[C@H](C)CC(=O)Nc1ccnn1C1CCCCC1. The van der Waals surface area contributed by atoms with Gasteiger partial charge in [0.25, 0.3) is 0 Å². The molecule has 1 saturated carbocycles. The van der Waals surface area contributed by atoms with Gasteiger partial charge >= 0.3 is 0 Å². The molecule has 1 fully saturated rings. The lowest BCUT2D eigenvalue weighted by Crippen LogP contribution is -2.21. The molecule has 6 nitrogen and oxygen atoms in total. The third kappa shape index (κ3) is 3.52. The lowest BCUT2D eigenvalue weighted by Gasteiger charge is -2.24. The smallest absolute Gasteiger partial charge is 0.226 e. The number of carbonyl (C=O) groups is 1. The molecule has 0 bridgehead atoms. The van der Waals surface area contributed by atoms with Crippen LogP contribution in [0.1, 0.15) is 74.4 Å². The third-order valence-electron chi connectivity index (χ3n) is 5.03. The fraction of sp³-hybridized carbons (Fsp3) is 0.611. The summed E-state index contributed by atoms with van der Waals surface area (Å²) in [6.45, 7) is 6.05. The van der Waals surface area contributed by atoms with Gasteiger partial charge in [-0.3, -0.25) is 9.89 Å². The summed E-state index contributed by atoms with van der Waals surface area (Å²) in [5, 5.41) is 14.7. The molecule has 1 aliphatic carbocycles. The highest BCUT2D eigenvalue weighted by atomic mass is 16.1. The molecule has 2 aromatic rings. The minimum Gasteiger partial charge on any atom is -0.311 e. The number of hydrogen-bond acceptors (Lipinski definition) is 3. The predicted molar refractivity (Wildman–Crippen MR) is 94.1 cm³/mol. The summed E-state index contributed by atoms with van der Waals surface area (Å²) in [6, 6.07) is 2.31. The van der Waals surface area contributed by atoms with Crippen LogP contribution in [0.2, 0.25) is 0 Å². The zero-order valence-corrected chi connectivity index (χ0v) is 14.8. The second-order valence-corrected chi connectivity index (χ2v) is 6.95. The van der Waals surface area contributed by atoms with Crippen molar-refractivity contribution in [2.75, 3.05) is 5.32 Å². The van der Waals surface area contributed by atoms with Gasteiger partial charge in [-0.05, 0) is 38.2 Å². The van der Waals surface area contributed by atoms with Crippen LogP contribution in [0, 0.1) is 13.8 Å². The monoisotopic (exact) mass is 329 g/mol. The van der Waals surface area contributed by atoms with Gasteiger partial charge < -0.3 is 5.32 Å². The average molecular weight is 329 g/mol. The highest BCUT2D eigenvalue weighted by molar-refractivity contribution is 5.90. The maximum absolute atomic E-state index is 12.5. The van der Waals surface area contributed by atoms with Crippen molar-refractivity contribution in [3.05, 3.63) is 29.2 Å². The predicted octanol–water partition coefficient (Wildman–Crippen LogP) is 3.86. The van der Waals surface area contributed by atoms with Gasteiger partial charge in [-0.25, -0.2) is 4.68 Å². The molecular weight excluding hydrogens is 302 g/mol. The number of nitrogens with zero attached hydrogens (tertiary/aromatic N) is 3. The molecule has 0 saturated heterocycles. The number of H-pyrrole nitrogens is 1. The van der Waals surface area contributed by atoms with E-state index in [4.69, 9.17) is 0 Å². The van der Waals surface area contributed by atoms with Crippen LogP contribution < -0.4 is 5.32 Å². The van der Waals surface area contributed by atoms with Gasteiger partial charge in [0.2, 0.25) is 5.91 Å². The Hall–Kier alpha value is -2.11. The summed E-state index contributed by atoms with van der Waals surface area (Å²) in [5.74, 6) is 0.981. The van der Waals surface area contributed by atoms with Crippen LogP contribution >= 0.6 is 0 Å². The van der Waals surface area contributed by atoms with Crippen LogP contribution in [0.5, 0.6) is 0 Å². The van der Waals surface area contributed by atoms with Crippen molar-refractivity contribution in [3.63, 3.8) is 0 Å². The first kappa shape index (κ1) is 16.7. The number of aromatic amines is 1. The number of rotatable bonds is 5.